The zero-order valence-electron chi connectivity index (χ0n) is 9.43. The van der Waals surface area contributed by atoms with Crippen LogP contribution < -0.4 is 11.1 Å². The predicted molar refractivity (Wildman–Crippen MR) is 65.2 cm³/mol. The normalized spacial score (nSPS) is 12.2. The van der Waals surface area contributed by atoms with Gasteiger partial charge < -0.3 is 11.1 Å². The molecule has 17 heavy (non-hydrogen) atoms. The number of anilines is 1. The van der Waals surface area contributed by atoms with Gasteiger partial charge in [-0.05, 0) is 18.6 Å². The summed E-state index contributed by atoms with van der Waals surface area (Å²) in [5.74, 6) is -1.15. The number of nitrogens with one attached hydrogen (secondary N) is 1. The summed E-state index contributed by atoms with van der Waals surface area (Å²) in [6.07, 6.45) is 0.670. The van der Waals surface area contributed by atoms with Gasteiger partial charge in [-0.1, -0.05) is 6.92 Å². The summed E-state index contributed by atoms with van der Waals surface area (Å²) >= 11 is 1.07. The number of hydrogen-bond donors (Lipinski definition) is 2. The van der Waals surface area contributed by atoms with Crippen molar-refractivity contribution in [1.29, 1.82) is 0 Å². The van der Waals surface area contributed by atoms with Crippen LogP contribution in [0.1, 0.15) is 29.4 Å². The number of halogens is 2. The van der Waals surface area contributed by atoms with E-state index in [1.807, 2.05) is 0 Å². The minimum absolute atomic E-state index is 0.117. The van der Waals surface area contributed by atoms with Gasteiger partial charge in [-0.25, -0.2) is 8.78 Å². The van der Waals surface area contributed by atoms with Crippen LogP contribution in [0, 0.1) is 0 Å². The maximum Gasteiger partial charge on any atom is 0.265 e. The second-order valence-electron chi connectivity index (χ2n) is 3.42. The summed E-state index contributed by atoms with van der Waals surface area (Å²) in [6.45, 7) is 0.746. The molecule has 0 atom stereocenters. The van der Waals surface area contributed by atoms with E-state index < -0.39 is 18.4 Å². The smallest absolute Gasteiger partial charge is 0.265 e. The highest BCUT2D eigenvalue weighted by Crippen LogP contribution is 2.19. The minimum atomic E-state index is -1.03. The Morgan fingerprint density at radius 1 is 1.53 bits per heavy atom. The van der Waals surface area contributed by atoms with Crippen LogP contribution in [0.4, 0.5) is 13.8 Å². The largest absolute Gasteiger partial charge is 0.391 e. The van der Waals surface area contributed by atoms with Crippen LogP contribution in [-0.2, 0) is 0 Å². The lowest BCUT2D eigenvalue weighted by Crippen LogP contribution is -2.24. The van der Waals surface area contributed by atoms with Gasteiger partial charge in [0.05, 0.1) is 15.6 Å². The third kappa shape index (κ3) is 3.81. The SMILES string of the molecule is CCC/C(F)=C(\CF)NC(=O)c1ccc(N)s1. The molecule has 0 spiro atoms. The Bertz CT molecular complexity index is 429. The van der Waals surface area contributed by atoms with Crippen LogP contribution in [-0.4, -0.2) is 12.6 Å². The fraction of sp³-hybridized carbons (Fsp3) is 0.364. The number of alkyl halides is 1. The van der Waals surface area contributed by atoms with E-state index in [2.05, 4.69) is 5.32 Å². The second kappa shape index (κ2) is 6.34. The molecule has 0 saturated carbocycles. The van der Waals surface area contributed by atoms with Crippen LogP contribution in [0.5, 0.6) is 0 Å². The van der Waals surface area contributed by atoms with E-state index in [1.165, 1.54) is 6.07 Å². The van der Waals surface area contributed by atoms with Gasteiger partial charge in [-0.3, -0.25) is 4.79 Å². The van der Waals surface area contributed by atoms with Crippen molar-refractivity contribution >= 4 is 22.2 Å². The monoisotopic (exact) mass is 260 g/mol. The molecular weight excluding hydrogens is 246 g/mol. The quantitative estimate of drug-likeness (QED) is 0.855. The van der Waals surface area contributed by atoms with Crippen LogP contribution >= 0.6 is 11.3 Å². The lowest BCUT2D eigenvalue weighted by atomic mass is 10.2. The minimum Gasteiger partial charge on any atom is -0.391 e. The summed E-state index contributed by atoms with van der Waals surface area (Å²) in [7, 11) is 0. The van der Waals surface area contributed by atoms with E-state index in [1.54, 1.807) is 13.0 Å². The van der Waals surface area contributed by atoms with Gasteiger partial charge >= 0.3 is 0 Å². The average Bonchev–Trinajstić information content (AvgIpc) is 2.72. The molecule has 0 aliphatic rings. The number of allylic oxidation sites excluding steroid dienone is 2. The van der Waals surface area contributed by atoms with E-state index in [4.69, 9.17) is 5.73 Å². The van der Waals surface area contributed by atoms with Crippen molar-refractivity contribution in [2.45, 2.75) is 19.8 Å². The fourth-order valence-electron chi connectivity index (χ4n) is 1.22. The standard InChI is InChI=1S/C11H14F2N2OS/c1-2-3-7(13)8(6-12)15-11(16)9-4-5-10(14)17-9/h4-5H,2-3,6,14H2,1H3,(H,15,16)/b8-7-. The molecule has 0 radical (unpaired) electrons. The Balaban J connectivity index is 2.75. The maximum absolute atomic E-state index is 13.4. The first kappa shape index (κ1) is 13.6. The number of carbonyl (C=O) groups excluding carboxylic acids is 1. The van der Waals surface area contributed by atoms with E-state index in [0.29, 0.717) is 16.3 Å². The van der Waals surface area contributed by atoms with Crippen LogP contribution in [0.25, 0.3) is 0 Å². The number of rotatable bonds is 5. The van der Waals surface area contributed by atoms with Gasteiger partial charge in [0.15, 0.2) is 0 Å². The second-order valence-corrected chi connectivity index (χ2v) is 4.54. The molecular formula is C11H14F2N2OS. The molecule has 94 valence electrons. The van der Waals surface area contributed by atoms with Gasteiger partial charge in [-0.2, -0.15) is 0 Å². The molecule has 3 nitrogen and oxygen atoms in total. The zero-order valence-corrected chi connectivity index (χ0v) is 10.2. The van der Waals surface area contributed by atoms with Crippen LogP contribution in [0.2, 0.25) is 0 Å². The van der Waals surface area contributed by atoms with Crippen molar-refractivity contribution in [3.8, 4) is 0 Å². The number of hydrogen-bond acceptors (Lipinski definition) is 3. The molecule has 1 heterocycles. The fourth-order valence-corrected chi connectivity index (χ4v) is 1.89. The highest BCUT2D eigenvalue weighted by molar-refractivity contribution is 7.17. The van der Waals surface area contributed by atoms with Crippen LogP contribution in [0.3, 0.4) is 0 Å². The lowest BCUT2D eigenvalue weighted by Gasteiger charge is -2.06. The molecule has 1 aromatic heterocycles. The van der Waals surface area contributed by atoms with Crippen molar-refractivity contribution in [2.75, 3.05) is 12.4 Å². The molecule has 0 unspecified atom stereocenters. The van der Waals surface area contributed by atoms with E-state index >= 15 is 0 Å². The summed E-state index contributed by atoms with van der Waals surface area (Å²) in [6, 6.07) is 3.09. The Morgan fingerprint density at radius 2 is 2.24 bits per heavy atom. The van der Waals surface area contributed by atoms with Crippen molar-refractivity contribution in [3.05, 3.63) is 28.5 Å². The van der Waals surface area contributed by atoms with Gasteiger partial charge in [0.1, 0.15) is 12.5 Å². The Labute approximate surface area is 102 Å². The Morgan fingerprint density at radius 3 is 2.71 bits per heavy atom. The highest BCUT2D eigenvalue weighted by atomic mass is 32.1. The first-order valence-electron chi connectivity index (χ1n) is 5.18. The third-order valence-corrected chi connectivity index (χ3v) is 2.96. The van der Waals surface area contributed by atoms with Gasteiger partial charge in [0, 0.05) is 6.42 Å². The molecule has 0 aromatic carbocycles. The van der Waals surface area contributed by atoms with Crippen molar-refractivity contribution in [2.24, 2.45) is 0 Å². The summed E-state index contributed by atoms with van der Waals surface area (Å²) in [4.78, 5) is 11.9. The predicted octanol–water partition coefficient (Wildman–Crippen LogP) is 3.01. The molecule has 1 amide bonds. The molecule has 3 N–H and O–H groups in total. The Hall–Kier alpha value is -1.43. The molecule has 1 rings (SSSR count). The lowest BCUT2D eigenvalue weighted by molar-refractivity contribution is 0.0965. The van der Waals surface area contributed by atoms with Crippen molar-refractivity contribution in [1.82, 2.24) is 5.32 Å². The molecule has 6 heteroatoms. The zero-order chi connectivity index (χ0) is 12.8. The van der Waals surface area contributed by atoms with E-state index in [-0.39, 0.29) is 12.1 Å². The van der Waals surface area contributed by atoms with Gasteiger partial charge in [0.2, 0.25) is 0 Å². The number of amides is 1. The van der Waals surface area contributed by atoms with E-state index in [9.17, 15) is 13.6 Å². The first-order valence-corrected chi connectivity index (χ1v) is 6.00. The van der Waals surface area contributed by atoms with Crippen LogP contribution in [0.15, 0.2) is 23.7 Å². The summed E-state index contributed by atoms with van der Waals surface area (Å²) in [5.41, 5.74) is 5.16. The molecule has 0 fully saturated rings. The maximum atomic E-state index is 13.4. The van der Waals surface area contributed by atoms with Gasteiger partial charge in [0.25, 0.3) is 5.91 Å². The van der Waals surface area contributed by atoms with Crippen molar-refractivity contribution in [3.63, 3.8) is 0 Å². The van der Waals surface area contributed by atoms with Crippen molar-refractivity contribution < 1.29 is 13.6 Å². The van der Waals surface area contributed by atoms with Gasteiger partial charge in [-0.15, -0.1) is 11.3 Å². The molecule has 0 bridgehead atoms. The van der Waals surface area contributed by atoms with E-state index in [0.717, 1.165) is 11.3 Å². The third-order valence-electron chi connectivity index (χ3n) is 2.05. The molecule has 0 aliphatic carbocycles. The number of carbonyl (C=O) groups is 1. The number of nitrogens with two attached hydrogens (primary N) is 1. The number of nitrogen functional groups attached to an aromatic ring is 1. The molecule has 0 aliphatic heterocycles. The molecule has 0 saturated heterocycles. The topological polar surface area (TPSA) is 55.1 Å². The highest BCUT2D eigenvalue weighted by Gasteiger charge is 2.13. The number of thiophene rings is 1. The molecule has 1 aromatic rings. The Kier molecular flexibility index (Phi) is 5.09. The summed E-state index contributed by atoms with van der Waals surface area (Å²) < 4.78 is 25.9. The first-order chi connectivity index (χ1) is 8.08. The average molecular weight is 260 g/mol. The summed E-state index contributed by atoms with van der Waals surface area (Å²) in [5, 5.41) is 2.71.